The number of aromatic nitrogens is 2. The van der Waals surface area contributed by atoms with Crippen LogP contribution >= 0.6 is 0 Å². The first kappa shape index (κ1) is 15.5. The minimum absolute atomic E-state index is 0.409. The Morgan fingerprint density at radius 2 is 1.95 bits per heavy atom. The van der Waals surface area contributed by atoms with Gasteiger partial charge in [0.15, 0.2) is 0 Å². The first-order chi connectivity index (χ1) is 9.66. The van der Waals surface area contributed by atoms with Crippen LogP contribution in [0.1, 0.15) is 12.5 Å². The number of aryl methyl sites for hydroxylation is 1. The molecule has 0 saturated carbocycles. The quantitative estimate of drug-likeness (QED) is 0.794. The van der Waals surface area contributed by atoms with E-state index >= 15 is 0 Å². The van der Waals surface area contributed by atoms with Gasteiger partial charge in [0, 0.05) is 5.69 Å². The summed E-state index contributed by atoms with van der Waals surface area (Å²) in [6, 6.07) is 6.72. The predicted octanol–water partition coefficient (Wildman–Crippen LogP) is 0.592. The van der Waals surface area contributed by atoms with Crippen molar-refractivity contribution in [3.8, 4) is 0 Å². The number of aliphatic hydroxyl groups is 1. The largest absolute Gasteiger partial charge is 0.381 e. The summed E-state index contributed by atoms with van der Waals surface area (Å²) in [4.78, 5) is 0. The second-order valence-electron chi connectivity index (χ2n) is 5.48. The van der Waals surface area contributed by atoms with Gasteiger partial charge in [0.1, 0.15) is 24.5 Å². The summed E-state index contributed by atoms with van der Waals surface area (Å²) in [7, 11) is -1.38. The first-order valence-electron chi connectivity index (χ1n) is 6.47. The summed E-state index contributed by atoms with van der Waals surface area (Å²) in [5, 5.41) is 10.6. The van der Waals surface area contributed by atoms with E-state index in [1.54, 1.807) is 31.2 Å². The Bertz CT molecular complexity index is 718. The number of anilines is 1. The molecule has 0 radical (unpaired) electrons. The van der Waals surface area contributed by atoms with Crippen LogP contribution in [0, 0.1) is 0 Å². The molecule has 2 N–H and O–H groups in total. The first-order valence-corrected chi connectivity index (χ1v) is 8.37. The van der Waals surface area contributed by atoms with E-state index in [1.165, 1.54) is 0 Å². The van der Waals surface area contributed by atoms with Gasteiger partial charge in [-0.05, 0) is 24.6 Å². The lowest BCUT2D eigenvalue weighted by atomic mass is 9.96. The van der Waals surface area contributed by atoms with Gasteiger partial charge in [-0.3, -0.25) is 4.72 Å². The SMILES string of the molecule is C[n+]1ccn(CC(C)(O)c2ccc(NS(C)(=O)=O)cc2)c1. The van der Waals surface area contributed by atoms with E-state index in [-0.39, 0.29) is 0 Å². The van der Waals surface area contributed by atoms with Crippen molar-refractivity contribution in [1.82, 2.24) is 4.57 Å². The number of imidazole rings is 1. The molecule has 7 heteroatoms. The molecule has 0 aliphatic carbocycles. The van der Waals surface area contributed by atoms with Crippen molar-refractivity contribution in [2.24, 2.45) is 7.05 Å². The summed E-state index contributed by atoms with van der Waals surface area (Å²) >= 11 is 0. The molecule has 1 aromatic carbocycles. The van der Waals surface area contributed by atoms with Crippen LogP contribution in [0.25, 0.3) is 0 Å². The topological polar surface area (TPSA) is 75.2 Å². The molecule has 0 spiro atoms. The molecular formula is C14H20N3O3S+. The van der Waals surface area contributed by atoms with Crippen molar-refractivity contribution >= 4 is 15.7 Å². The highest BCUT2D eigenvalue weighted by atomic mass is 32.2. The predicted molar refractivity (Wildman–Crippen MR) is 80.1 cm³/mol. The standard InChI is InChI=1S/C14H20N3O3S/c1-14(18,10-17-9-8-16(2)11-17)12-4-6-13(7-5-12)15-21(3,19)20/h4-9,11,15,18H,10H2,1-3H3/q+1. The van der Waals surface area contributed by atoms with E-state index in [2.05, 4.69) is 4.72 Å². The number of nitrogens with zero attached hydrogens (tertiary/aromatic N) is 2. The van der Waals surface area contributed by atoms with Gasteiger partial charge >= 0.3 is 0 Å². The van der Waals surface area contributed by atoms with Crippen LogP contribution in [0.3, 0.4) is 0 Å². The van der Waals surface area contributed by atoms with E-state index in [0.717, 1.165) is 11.8 Å². The molecule has 0 amide bonds. The Balaban J connectivity index is 2.16. The van der Waals surface area contributed by atoms with Gasteiger partial charge in [-0.25, -0.2) is 17.6 Å². The van der Waals surface area contributed by atoms with Gasteiger partial charge in [0.25, 0.3) is 0 Å². The monoisotopic (exact) mass is 310 g/mol. The van der Waals surface area contributed by atoms with Crippen LogP contribution in [-0.4, -0.2) is 24.3 Å². The molecule has 114 valence electrons. The van der Waals surface area contributed by atoms with Gasteiger partial charge in [0.2, 0.25) is 16.4 Å². The normalized spacial score (nSPS) is 14.7. The van der Waals surface area contributed by atoms with E-state index in [0.29, 0.717) is 12.2 Å². The molecule has 21 heavy (non-hydrogen) atoms. The van der Waals surface area contributed by atoms with Crippen LogP contribution in [-0.2, 0) is 29.2 Å². The van der Waals surface area contributed by atoms with E-state index < -0.39 is 15.6 Å². The molecule has 1 atom stereocenters. The fraction of sp³-hybridized carbons (Fsp3) is 0.357. The zero-order valence-corrected chi connectivity index (χ0v) is 13.1. The Labute approximate surface area is 124 Å². The van der Waals surface area contributed by atoms with Crippen molar-refractivity contribution in [3.63, 3.8) is 0 Å². The molecule has 0 aliphatic heterocycles. The third-order valence-corrected chi connectivity index (χ3v) is 3.73. The van der Waals surface area contributed by atoms with Crippen LogP contribution in [0.15, 0.2) is 43.0 Å². The number of hydrogen-bond donors (Lipinski definition) is 2. The third kappa shape index (κ3) is 4.30. The van der Waals surface area contributed by atoms with Crippen LogP contribution in [0.5, 0.6) is 0 Å². The van der Waals surface area contributed by atoms with Crippen LogP contribution < -0.4 is 9.29 Å². The molecule has 2 aromatic rings. The minimum atomic E-state index is -3.29. The van der Waals surface area contributed by atoms with Crippen molar-refractivity contribution in [3.05, 3.63) is 48.5 Å². The molecule has 0 fully saturated rings. The molecule has 1 unspecified atom stereocenters. The smallest absolute Gasteiger partial charge is 0.243 e. The van der Waals surface area contributed by atoms with E-state index in [9.17, 15) is 13.5 Å². The Morgan fingerprint density at radius 1 is 1.33 bits per heavy atom. The van der Waals surface area contributed by atoms with Crippen molar-refractivity contribution in [1.29, 1.82) is 0 Å². The van der Waals surface area contributed by atoms with E-state index in [1.807, 2.05) is 34.9 Å². The molecule has 0 saturated heterocycles. The maximum Gasteiger partial charge on any atom is 0.243 e. The lowest BCUT2D eigenvalue weighted by Crippen LogP contribution is -2.29. The lowest BCUT2D eigenvalue weighted by molar-refractivity contribution is -0.671. The number of benzene rings is 1. The van der Waals surface area contributed by atoms with Gasteiger partial charge in [-0.1, -0.05) is 12.1 Å². The summed E-state index contributed by atoms with van der Waals surface area (Å²) < 4.78 is 28.5. The summed E-state index contributed by atoms with van der Waals surface area (Å²) in [6.07, 6.45) is 6.76. The Hall–Kier alpha value is -1.86. The Morgan fingerprint density at radius 3 is 2.43 bits per heavy atom. The molecule has 6 nitrogen and oxygen atoms in total. The molecule has 0 bridgehead atoms. The van der Waals surface area contributed by atoms with Gasteiger partial charge in [0.05, 0.1) is 13.3 Å². The molecule has 0 aliphatic rings. The van der Waals surface area contributed by atoms with Gasteiger partial charge in [-0.15, -0.1) is 0 Å². The fourth-order valence-electron chi connectivity index (χ4n) is 2.15. The van der Waals surface area contributed by atoms with Crippen LogP contribution in [0.2, 0.25) is 0 Å². The fourth-order valence-corrected chi connectivity index (χ4v) is 2.72. The number of rotatable bonds is 5. The van der Waals surface area contributed by atoms with Crippen molar-refractivity contribution < 1.29 is 18.1 Å². The lowest BCUT2D eigenvalue weighted by Gasteiger charge is -2.22. The van der Waals surface area contributed by atoms with E-state index in [4.69, 9.17) is 0 Å². The summed E-state index contributed by atoms with van der Waals surface area (Å²) in [6.45, 7) is 2.14. The zero-order chi connectivity index (χ0) is 15.7. The van der Waals surface area contributed by atoms with Crippen molar-refractivity contribution in [2.45, 2.75) is 19.1 Å². The molecule has 1 heterocycles. The van der Waals surface area contributed by atoms with Crippen molar-refractivity contribution in [2.75, 3.05) is 11.0 Å². The molecular weight excluding hydrogens is 290 g/mol. The maximum atomic E-state index is 11.2. The van der Waals surface area contributed by atoms with Gasteiger partial charge in [-0.2, -0.15) is 0 Å². The highest BCUT2D eigenvalue weighted by Gasteiger charge is 2.26. The number of hydrogen-bond acceptors (Lipinski definition) is 3. The second-order valence-corrected chi connectivity index (χ2v) is 7.23. The highest BCUT2D eigenvalue weighted by Crippen LogP contribution is 2.24. The maximum absolute atomic E-state index is 11.2. The molecule has 1 aromatic heterocycles. The average molecular weight is 310 g/mol. The second kappa shape index (κ2) is 5.50. The minimum Gasteiger partial charge on any atom is -0.381 e. The summed E-state index contributed by atoms with van der Waals surface area (Å²) in [5.41, 5.74) is 0.151. The number of sulfonamides is 1. The average Bonchev–Trinajstić information content (AvgIpc) is 2.72. The Kier molecular flexibility index (Phi) is 4.06. The highest BCUT2D eigenvalue weighted by molar-refractivity contribution is 7.92. The molecule has 2 rings (SSSR count). The van der Waals surface area contributed by atoms with Gasteiger partial charge < -0.3 is 5.11 Å². The summed E-state index contributed by atoms with van der Waals surface area (Å²) in [5.74, 6) is 0. The third-order valence-electron chi connectivity index (χ3n) is 3.12. The zero-order valence-electron chi connectivity index (χ0n) is 12.3. The number of nitrogens with one attached hydrogen (secondary N) is 1. The van der Waals surface area contributed by atoms with Crippen LogP contribution in [0.4, 0.5) is 5.69 Å².